The molecule has 16 heavy (non-hydrogen) atoms. The molecule has 6 heteroatoms. The molecule has 0 spiro atoms. The van der Waals surface area contributed by atoms with Crippen molar-refractivity contribution in [2.24, 2.45) is 5.92 Å². The SMILES string of the molecule is CN(C)CC1CCN(c2nnc(Br)s2)CC1. The Kier molecular flexibility index (Phi) is 4.16. The minimum absolute atomic E-state index is 0.836. The first kappa shape index (κ1) is 12.3. The van der Waals surface area contributed by atoms with Crippen molar-refractivity contribution in [1.29, 1.82) is 0 Å². The van der Waals surface area contributed by atoms with Crippen molar-refractivity contribution in [2.45, 2.75) is 12.8 Å². The smallest absolute Gasteiger partial charge is 0.209 e. The molecule has 1 saturated heterocycles. The van der Waals surface area contributed by atoms with Crippen LogP contribution in [0.5, 0.6) is 0 Å². The molecule has 1 aliphatic rings. The first-order chi connectivity index (χ1) is 7.65. The van der Waals surface area contributed by atoms with Crippen molar-refractivity contribution in [3.63, 3.8) is 0 Å². The third-order valence-electron chi connectivity index (χ3n) is 2.90. The van der Waals surface area contributed by atoms with Gasteiger partial charge in [0.25, 0.3) is 0 Å². The summed E-state index contributed by atoms with van der Waals surface area (Å²) in [5.74, 6) is 0.836. The van der Waals surface area contributed by atoms with Gasteiger partial charge in [0, 0.05) is 19.6 Å². The highest BCUT2D eigenvalue weighted by Crippen LogP contribution is 2.28. The van der Waals surface area contributed by atoms with Gasteiger partial charge in [-0.15, -0.1) is 10.2 Å². The van der Waals surface area contributed by atoms with E-state index in [1.807, 2.05) is 0 Å². The van der Waals surface area contributed by atoms with E-state index in [2.05, 4.69) is 50.0 Å². The summed E-state index contributed by atoms with van der Waals surface area (Å²) in [6.45, 7) is 3.42. The number of hydrogen-bond donors (Lipinski definition) is 0. The molecule has 1 aliphatic heterocycles. The average molecular weight is 305 g/mol. The zero-order valence-corrected chi connectivity index (χ0v) is 12.1. The predicted octanol–water partition coefficient (Wildman–Crippen LogP) is 2.08. The van der Waals surface area contributed by atoms with E-state index in [9.17, 15) is 0 Å². The molecule has 0 radical (unpaired) electrons. The zero-order valence-electron chi connectivity index (χ0n) is 9.69. The van der Waals surface area contributed by atoms with Crippen molar-refractivity contribution >= 4 is 32.4 Å². The van der Waals surface area contributed by atoms with E-state index in [4.69, 9.17) is 0 Å². The Balaban J connectivity index is 1.85. The van der Waals surface area contributed by atoms with Crippen molar-refractivity contribution in [3.05, 3.63) is 3.92 Å². The summed E-state index contributed by atoms with van der Waals surface area (Å²) in [4.78, 5) is 4.62. The summed E-state index contributed by atoms with van der Waals surface area (Å²) in [7, 11) is 4.29. The van der Waals surface area contributed by atoms with E-state index in [-0.39, 0.29) is 0 Å². The van der Waals surface area contributed by atoms with E-state index >= 15 is 0 Å². The van der Waals surface area contributed by atoms with E-state index < -0.39 is 0 Å². The van der Waals surface area contributed by atoms with Crippen LogP contribution in [0.1, 0.15) is 12.8 Å². The topological polar surface area (TPSA) is 32.3 Å². The lowest BCUT2D eigenvalue weighted by Gasteiger charge is -2.32. The van der Waals surface area contributed by atoms with Gasteiger partial charge in [0.15, 0.2) is 3.92 Å². The maximum atomic E-state index is 4.16. The molecule has 0 N–H and O–H groups in total. The van der Waals surface area contributed by atoms with E-state index in [1.54, 1.807) is 11.3 Å². The van der Waals surface area contributed by atoms with Crippen LogP contribution in [0.15, 0.2) is 3.92 Å². The van der Waals surface area contributed by atoms with Gasteiger partial charge in [0.1, 0.15) is 0 Å². The van der Waals surface area contributed by atoms with Gasteiger partial charge in [0.05, 0.1) is 0 Å². The van der Waals surface area contributed by atoms with Crippen molar-refractivity contribution < 1.29 is 0 Å². The third kappa shape index (κ3) is 3.15. The summed E-state index contributed by atoms with van der Waals surface area (Å²) in [6.07, 6.45) is 2.52. The molecule has 0 unspecified atom stereocenters. The Morgan fingerprint density at radius 3 is 2.56 bits per heavy atom. The van der Waals surface area contributed by atoms with Crippen LogP contribution < -0.4 is 4.90 Å². The monoisotopic (exact) mass is 304 g/mol. The van der Waals surface area contributed by atoms with Crippen LogP contribution in [0.25, 0.3) is 0 Å². The number of aromatic nitrogens is 2. The first-order valence-electron chi connectivity index (χ1n) is 5.54. The molecule has 0 bridgehead atoms. The second kappa shape index (κ2) is 5.42. The molecule has 2 heterocycles. The maximum Gasteiger partial charge on any atom is 0.209 e. The molecular weight excluding hydrogens is 288 g/mol. The molecule has 1 fully saturated rings. The van der Waals surface area contributed by atoms with Gasteiger partial charge < -0.3 is 9.80 Å². The zero-order chi connectivity index (χ0) is 11.5. The number of hydrogen-bond acceptors (Lipinski definition) is 5. The number of halogens is 1. The van der Waals surface area contributed by atoms with Crippen LogP contribution in [-0.2, 0) is 0 Å². The number of piperidine rings is 1. The highest BCUT2D eigenvalue weighted by Gasteiger charge is 2.21. The Bertz CT molecular complexity index is 333. The van der Waals surface area contributed by atoms with Crippen LogP contribution >= 0.6 is 27.3 Å². The minimum atomic E-state index is 0.836. The lowest BCUT2D eigenvalue weighted by Crippen LogP contribution is -2.37. The molecule has 1 aromatic heterocycles. The Labute approximate surface area is 109 Å². The molecule has 4 nitrogen and oxygen atoms in total. The third-order valence-corrected chi connectivity index (χ3v) is 4.31. The minimum Gasteiger partial charge on any atom is -0.347 e. The second-order valence-electron chi connectivity index (χ2n) is 4.53. The van der Waals surface area contributed by atoms with E-state index in [0.29, 0.717) is 0 Å². The largest absolute Gasteiger partial charge is 0.347 e. The second-order valence-corrected chi connectivity index (χ2v) is 6.76. The molecule has 0 aliphatic carbocycles. The fourth-order valence-corrected chi connectivity index (χ4v) is 3.29. The summed E-state index contributed by atoms with van der Waals surface area (Å²) < 4.78 is 0.873. The maximum absolute atomic E-state index is 4.16. The molecule has 90 valence electrons. The van der Waals surface area contributed by atoms with Crippen LogP contribution in [0.2, 0.25) is 0 Å². The van der Waals surface area contributed by atoms with Crippen molar-refractivity contribution in [1.82, 2.24) is 15.1 Å². The molecule has 0 saturated carbocycles. The molecule has 1 aromatic rings. The Morgan fingerprint density at radius 1 is 1.38 bits per heavy atom. The van der Waals surface area contributed by atoms with Crippen molar-refractivity contribution in [2.75, 3.05) is 38.6 Å². The van der Waals surface area contributed by atoms with Crippen LogP contribution in [0.3, 0.4) is 0 Å². The van der Waals surface area contributed by atoms with Gasteiger partial charge in [-0.1, -0.05) is 11.3 Å². The van der Waals surface area contributed by atoms with Gasteiger partial charge in [-0.25, -0.2) is 0 Å². The summed E-state index contributed by atoms with van der Waals surface area (Å²) >= 11 is 4.97. The van der Waals surface area contributed by atoms with Gasteiger partial charge in [0.2, 0.25) is 5.13 Å². The Morgan fingerprint density at radius 2 is 2.06 bits per heavy atom. The van der Waals surface area contributed by atoms with Gasteiger partial charge in [-0.05, 0) is 48.8 Å². The van der Waals surface area contributed by atoms with E-state index in [1.165, 1.54) is 19.4 Å². The average Bonchev–Trinajstić information content (AvgIpc) is 2.65. The lowest BCUT2D eigenvalue weighted by molar-refractivity contribution is 0.285. The van der Waals surface area contributed by atoms with Crippen molar-refractivity contribution in [3.8, 4) is 0 Å². The highest BCUT2D eigenvalue weighted by atomic mass is 79.9. The fourth-order valence-electron chi connectivity index (χ4n) is 2.15. The summed E-state index contributed by atoms with van der Waals surface area (Å²) in [5.41, 5.74) is 0. The molecule has 0 amide bonds. The van der Waals surface area contributed by atoms with E-state index in [0.717, 1.165) is 28.1 Å². The normalized spacial score (nSPS) is 18.4. The Hall–Kier alpha value is -0.200. The molecule has 2 rings (SSSR count). The fraction of sp³-hybridized carbons (Fsp3) is 0.800. The molecule has 0 aromatic carbocycles. The quantitative estimate of drug-likeness (QED) is 0.856. The number of anilines is 1. The van der Waals surface area contributed by atoms with Gasteiger partial charge in [-0.3, -0.25) is 0 Å². The number of nitrogens with zero attached hydrogens (tertiary/aromatic N) is 4. The predicted molar refractivity (Wildman–Crippen MR) is 71.1 cm³/mol. The summed E-state index contributed by atoms with van der Waals surface area (Å²) in [5, 5.41) is 9.21. The van der Waals surface area contributed by atoms with Gasteiger partial charge >= 0.3 is 0 Å². The molecular formula is C10H17BrN4S. The standard InChI is InChI=1S/C10H17BrN4S/c1-14(2)7-8-3-5-15(6-4-8)10-13-12-9(11)16-10/h8H,3-7H2,1-2H3. The number of rotatable bonds is 3. The highest BCUT2D eigenvalue weighted by molar-refractivity contribution is 9.11. The summed E-state index contributed by atoms with van der Waals surface area (Å²) in [6, 6.07) is 0. The lowest BCUT2D eigenvalue weighted by atomic mass is 9.97. The van der Waals surface area contributed by atoms with Crippen LogP contribution in [0.4, 0.5) is 5.13 Å². The van der Waals surface area contributed by atoms with Gasteiger partial charge in [-0.2, -0.15) is 0 Å². The van der Waals surface area contributed by atoms with Crippen LogP contribution in [-0.4, -0.2) is 48.8 Å². The van der Waals surface area contributed by atoms with Crippen LogP contribution in [0, 0.1) is 5.92 Å². The first-order valence-corrected chi connectivity index (χ1v) is 7.15. The molecule has 0 atom stereocenters.